The van der Waals surface area contributed by atoms with Crippen molar-refractivity contribution < 1.29 is 4.74 Å². The molecule has 0 aromatic heterocycles. The Hall–Kier alpha value is -1.50. The topological polar surface area (TPSA) is 9.23 Å². The maximum atomic E-state index is 6.27. The van der Waals surface area contributed by atoms with E-state index in [9.17, 15) is 0 Å². The number of benzene rings is 1. The lowest BCUT2D eigenvalue weighted by molar-refractivity contribution is 0.175. The van der Waals surface area contributed by atoms with Crippen LogP contribution in [0.3, 0.4) is 0 Å². The minimum Gasteiger partial charge on any atom is -0.485 e. The van der Waals surface area contributed by atoms with E-state index in [1.165, 1.54) is 30.4 Å². The van der Waals surface area contributed by atoms with E-state index in [0.29, 0.717) is 5.92 Å². The molecule has 4 rings (SSSR count). The van der Waals surface area contributed by atoms with Crippen LogP contribution in [-0.2, 0) is 5.41 Å². The fraction of sp³-hybridized carbons (Fsp3) is 0.444. The van der Waals surface area contributed by atoms with Gasteiger partial charge in [-0.1, -0.05) is 43.2 Å². The lowest BCUT2D eigenvalue weighted by Gasteiger charge is -2.44. The van der Waals surface area contributed by atoms with E-state index in [1.807, 2.05) is 0 Å². The number of fused-ring (bicyclic) bond motifs is 1. The Morgan fingerprint density at radius 3 is 3.11 bits per heavy atom. The summed E-state index contributed by atoms with van der Waals surface area (Å²) in [6.07, 6.45) is 10.9. The smallest absolute Gasteiger partial charge is 0.131 e. The summed E-state index contributed by atoms with van der Waals surface area (Å²) in [4.78, 5) is 0. The maximum Gasteiger partial charge on any atom is 0.131 e. The fourth-order valence-corrected chi connectivity index (χ4v) is 4.47. The summed E-state index contributed by atoms with van der Waals surface area (Å²) < 4.78 is 6.27. The van der Waals surface area contributed by atoms with Gasteiger partial charge in [0.2, 0.25) is 0 Å². The molecule has 0 bridgehead atoms. The van der Waals surface area contributed by atoms with E-state index in [-0.39, 0.29) is 11.5 Å². The summed E-state index contributed by atoms with van der Waals surface area (Å²) in [5, 5.41) is 0. The maximum absolute atomic E-state index is 6.27. The molecule has 1 heterocycles. The van der Waals surface area contributed by atoms with Crippen molar-refractivity contribution in [1.29, 1.82) is 0 Å². The molecule has 0 amide bonds. The van der Waals surface area contributed by atoms with Gasteiger partial charge < -0.3 is 4.74 Å². The fourth-order valence-electron chi connectivity index (χ4n) is 4.47. The predicted octanol–water partition coefficient (Wildman–Crippen LogP) is 4.31. The number of allylic oxidation sites excluding steroid dienone is 2. The van der Waals surface area contributed by atoms with Gasteiger partial charge in [0.25, 0.3) is 0 Å². The lowest BCUT2D eigenvalue weighted by Crippen LogP contribution is -2.44. The minimum absolute atomic E-state index is 0.132. The lowest BCUT2D eigenvalue weighted by atomic mass is 9.58. The highest BCUT2D eigenvalue weighted by Gasteiger charge is 2.54. The summed E-state index contributed by atoms with van der Waals surface area (Å²) in [6.45, 7) is 4.60. The Bertz CT molecular complexity index is 596. The number of hydrogen-bond acceptors (Lipinski definition) is 1. The summed E-state index contributed by atoms with van der Waals surface area (Å²) in [5.74, 6) is 1.78. The molecule has 1 saturated carbocycles. The van der Waals surface area contributed by atoms with Gasteiger partial charge in [-0.2, -0.15) is 0 Å². The van der Waals surface area contributed by atoms with Gasteiger partial charge >= 0.3 is 0 Å². The van der Waals surface area contributed by atoms with Crippen LogP contribution < -0.4 is 4.74 Å². The van der Waals surface area contributed by atoms with Crippen molar-refractivity contribution in [2.45, 2.75) is 44.6 Å². The summed E-state index contributed by atoms with van der Waals surface area (Å²) in [6, 6.07) is 6.48. The Morgan fingerprint density at radius 2 is 2.21 bits per heavy atom. The third-order valence-electron chi connectivity index (χ3n) is 5.24. The van der Waals surface area contributed by atoms with Crippen LogP contribution in [0, 0.1) is 12.8 Å². The van der Waals surface area contributed by atoms with Crippen molar-refractivity contribution in [3.05, 3.63) is 53.1 Å². The second-order valence-electron chi connectivity index (χ2n) is 6.26. The average molecular weight is 252 g/mol. The highest BCUT2D eigenvalue weighted by Crippen LogP contribution is 2.57. The van der Waals surface area contributed by atoms with Crippen molar-refractivity contribution in [2.24, 2.45) is 5.92 Å². The minimum atomic E-state index is 0.132. The van der Waals surface area contributed by atoms with Crippen molar-refractivity contribution >= 4 is 0 Å². The number of rotatable bonds is 0. The van der Waals surface area contributed by atoms with E-state index in [2.05, 4.69) is 50.3 Å². The predicted molar refractivity (Wildman–Crippen MR) is 77.5 cm³/mol. The van der Waals surface area contributed by atoms with Gasteiger partial charge in [-0.05, 0) is 43.4 Å². The molecule has 1 aromatic rings. The van der Waals surface area contributed by atoms with Gasteiger partial charge in [-0.15, -0.1) is 0 Å². The van der Waals surface area contributed by atoms with E-state index < -0.39 is 0 Å². The molecule has 1 unspecified atom stereocenters. The molecule has 1 spiro atoms. The average Bonchev–Trinajstić information content (AvgIpc) is 2.73. The molecule has 98 valence electrons. The van der Waals surface area contributed by atoms with Gasteiger partial charge in [0.15, 0.2) is 0 Å². The van der Waals surface area contributed by atoms with Crippen LogP contribution in [-0.4, -0.2) is 6.10 Å². The Labute approximate surface area is 115 Å². The normalized spacial score (nSPS) is 34.9. The molecule has 1 heteroatoms. The zero-order chi connectivity index (χ0) is 13.0. The van der Waals surface area contributed by atoms with Crippen LogP contribution in [0.25, 0.3) is 0 Å². The molecule has 0 saturated heterocycles. The first-order chi connectivity index (χ1) is 9.23. The standard InChI is InChI=1S/C18H20O/c1-12-7-5-11-18-14(12)8-4-10-16(18)19-15-9-3-6-13(2)17(15)18/h3-4,6,8-10,12,16H,5,7,11H2,1-2H3/t12-,16?,18+/m0/s1. The zero-order valence-electron chi connectivity index (χ0n) is 11.6. The molecule has 3 atom stereocenters. The van der Waals surface area contributed by atoms with Gasteiger partial charge in [-0.3, -0.25) is 0 Å². The second kappa shape index (κ2) is 3.75. The second-order valence-corrected chi connectivity index (χ2v) is 6.26. The molecule has 0 N–H and O–H groups in total. The molecule has 1 fully saturated rings. The monoisotopic (exact) mass is 252 g/mol. The molecular formula is C18H20O. The van der Waals surface area contributed by atoms with E-state index in [0.717, 1.165) is 5.75 Å². The number of ether oxygens (including phenoxy) is 1. The molecule has 0 radical (unpaired) electrons. The summed E-state index contributed by atoms with van der Waals surface area (Å²) >= 11 is 0. The van der Waals surface area contributed by atoms with Crippen LogP contribution in [0.2, 0.25) is 0 Å². The van der Waals surface area contributed by atoms with E-state index >= 15 is 0 Å². The third kappa shape index (κ3) is 1.31. The van der Waals surface area contributed by atoms with Crippen LogP contribution >= 0.6 is 0 Å². The van der Waals surface area contributed by atoms with Crippen LogP contribution in [0.1, 0.15) is 37.3 Å². The first-order valence-corrected chi connectivity index (χ1v) is 7.39. The molecule has 1 aromatic carbocycles. The number of hydrogen-bond donors (Lipinski definition) is 0. The third-order valence-corrected chi connectivity index (χ3v) is 5.24. The molecule has 19 heavy (non-hydrogen) atoms. The van der Waals surface area contributed by atoms with Crippen molar-refractivity contribution in [1.82, 2.24) is 0 Å². The Balaban J connectivity index is 2.00. The van der Waals surface area contributed by atoms with Crippen molar-refractivity contribution in [3.63, 3.8) is 0 Å². The highest BCUT2D eigenvalue weighted by atomic mass is 16.5. The van der Waals surface area contributed by atoms with Gasteiger partial charge in [0.1, 0.15) is 11.9 Å². The molecular weight excluding hydrogens is 232 g/mol. The number of aryl methyl sites for hydroxylation is 1. The first-order valence-electron chi connectivity index (χ1n) is 7.39. The summed E-state index contributed by atoms with van der Waals surface area (Å²) in [5.41, 5.74) is 4.57. The van der Waals surface area contributed by atoms with Gasteiger partial charge in [-0.25, -0.2) is 0 Å². The zero-order valence-corrected chi connectivity index (χ0v) is 11.6. The van der Waals surface area contributed by atoms with Crippen LogP contribution in [0.4, 0.5) is 0 Å². The SMILES string of the molecule is Cc1cccc2c1[C@]13CCC[C@H](C)C1=CC=CC3O2. The first kappa shape index (κ1) is 11.3. The van der Waals surface area contributed by atoms with E-state index in [4.69, 9.17) is 4.74 Å². The highest BCUT2D eigenvalue weighted by molar-refractivity contribution is 5.59. The van der Waals surface area contributed by atoms with Gasteiger partial charge in [0, 0.05) is 5.56 Å². The Kier molecular flexibility index (Phi) is 2.24. The van der Waals surface area contributed by atoms with Crippen molar-refractivity contribution in [3.8, 4) is 5.75 Å². The Morgan fingerprint density at radius 1 is 1.32 bits per heavy atom. The van der Waals surface area contributed by atoms with Gasteiger partial charge in [0.05, 0.1) is 5.41 Å². The summed E-state index contributed by atoms with van der Waals surface area (Å²) in [7, 11) is 0. The molecule has 3 aliphatic rings. The van der Waals surface area contributed by atoms with Crippen molar-refractivity contribution in [2.75, 3.05) is 0 Å². The largest absolute Gasteiger partial charge is 0.485 e. The quantitative estimate of drug-likeness (QED) is 0.668. The van der Waals surface area contributed by atoms with Crippen LogP contribution in [0.5, 0.6) is 5.75 Å². The molecule has 2 aliphatic carbocycles. The molecule has 1 nitrogen and oxygen atoms in total. The van der Waals surface area contributed by atoms with E-state index in [1.54, 1.807) is 5.57 Å². The molecule has 1 aliphatic heterocycles. The van der Waals surface area contributed by atoms with Crippen LogP contribution in [0.15, 0.2) is 42.0 Å².